The molecule has 8 atom stereocenters. The molecule has 0 aromatic rings. The van der Waals surface area contributed by atoms with Crippen molar-refractivity contribution in [1.29, 1.82) is 0 Å². The molecule has 2 aliphatic rings. The van der Waals surface area contributed by atoms with Gasteiger partial charge in [0.2, 0.25) is 0 Å². The molecule has 8 unspecified atom stereocenters. The van der Waals surface area contributed by atoms with Crippen LogP contribution in [0.4, 0.5) is 0 Å². The normalized spacial score (nSPS) is 16.9. The van der Waals surface area contributed by atoms with Crippen LogP contribution in [0.3, 0.4) is 0 Å². The van der Waals surface area contributed by atoms with Crippen LogP contribution in [0.15, 0.2) is 48.6 Å². The lowest BCUT2D eigenvalue weighted by atomic mass is 9.82. The van der Waals surface area contributed by atoms with E-state index in [-0.39, 0.29) is 74.8 Å². The Labute approximate surface area is 586 Å². The number of hydrogen-bond acceptors (Lipinski definition) is 13. The molecule has 0 bridgehead atoms. The van der Waals surface area contributed by atoms with E-state index in [2.05, 4.69) is 76.3 Å². The van der Waals surface area contributed by atoms with Crippen LogP contribution in [-0.2, 0) is 62.3 Å². The van der Waals surface area contributed by atoms with Crippen LogP contribution >= 0.6 is 0 Å². The predicted octanol–water partition coefficient (Wildman–Crippen LogP) is 21.0. The fourth-order valence-electron chi connectivity index (χ4n) is 12.8. The topological polar surface area (TPSA) is 264 Å². The van der Waals surface area contributed by atoms with Crippen LogP contribution in [0, 0.1) is 23.7 Å². The second-order valence-corrected chi connectivity index (χ2v) is 27.6. The highest BCUT2D eigenvalue weighted by Gasteiger charge is 2.40. The van der Waals surface area contributed by atoms with E-state index in [1.54, 1.807) is 0 Å². The first-order chi connectivity index (χ1) is 47.0. The fourth-order valence-corrected chi connectivity index (χ4v) is 12.8. The highest BCUT2D eigenvalue weighted by molar-refractivity contribution is 5.95. The molecule has 558 valence electrons. The monoisotopic (exact) mass is 1370 g/mol. The zero-order valence-electron chi connectivity index (χ0n) is 61.1. The van der Waals surface area contributed by atoms with Crippen LogP contribution in [0.1, 0.15) is 362 Å². The smallest absolute Gasteiger partial charge is 0.317 e. The third-order valence-electron chi connectivity index (χ3n) is 18.7. The molecule has 0 amide bonds. The van der Waals surface area contributed by atoms with Gasteiger partial charge in [0.15, 0.2) is 0 Å². The van der Waals surface area contributed by atoms with Gasteiger partial charge in [-0.1, -0.05) is 243 Å². The predicted molar refractivity (Wildman–Crippen MR) is 384 cm³/mol. The maximum absolute atomic E-state index is 12.7. The van der Waals surface area contributed by atoms with Crippen molar-refractivity contribution in [3.63, 3.8) is 0 Å². The molecular weight excluding hydrogens is 1230 g/mol. The number of unbranched alkanes of at least 4 members (excludes halogenated alkanes) is 29. The minimum atomic E-state index is -0.767. The summed E-state index contributed by atoms with van der Waals surface area (Å²) in [6.45, 7) is 8.75. The van der Waals surface area contributed by atoms with Gasteiger partial charge < -0.3 is 34.6 Å². The number of hydrogen-bond donors (Lipinski definition) is 4. The number of carbonyl (C=O) groups is 8. The number of aliphatic carboxylic acids is 4. The summed E-state index contributed by atoms with van der Waals surface area (Å²) < 4.78 is 16.8. The number of cyclic esters (lactones) is 4. The summed E-state index contributed by atoms with van der Waals surface area (Å²) in [5, 5.41) is 35.5. The molecule has 2 aliphatic heterocycles. The Balaban J connectivity index is 0.000000970. The average molecular weight is 1370 g/mol. The molecule has 0 saturated carbocycles. The largest absolute Gasteiger partial charge is 0.481 e. The van der Waals surface area contributed by atoms with Crippen LogP contribution in [-0.4, -0.2) is 92.6 Å². The lowest BCUT2D eigenvalue weighted by Gasteiger charge is -2.27. The first kappa shape index (κ1) is 90.0. The van der Waals surface area contributed by atoms with Gasteiger partial charge in [0.25, 0.3) is 0 Å². The minimum absolute atomic E-state index is 0.0457. The first-order valence-corrected chi connectivity index (χ1v) is 39.0. The van der Waals surface area contributed by atoms with Crippen LogP contribution in [0.25, 0.3) is 0 Å². The van der Waals surface area contributed by atoms with Gasteiger partial charge in [-0.2, -0.15) is 0 Å². The van der Waals surface area contributed by atoms with Gasteiger partial charge in [-0.25, -0.2) is 9.78 Å². The summed E-state index contributed by atoms with van der Waals surface area (Å²) in [4.78, 5) is 105. The molecule has 2 saturated heterocycles. The third-order valence-corrected chi connectivity index (χ3v) is 18.7. The molecule has 0 aliphatic carbocycles. The van der Waals surface area contributed by atoms with E-state index in [1.165, 1.54) is 25.7 Å². The molecule has 2 rings (SSSR count). The first-order valence-electron chi connectivity index (χ1n) is 39.0. The lowest BCUT2D eigenvalue weighted by Crippen LogP contribution is -2.26. The maximum Gasteiger partial charge on any atom is 0.317 e. The van der Waals surface area contributed by atoms with Gasteiger partial charge in [0.05, 0.1) is 36.9 Å². The SMILES string of the molecule is CCCC/C=C/CCCC(CCCCCCCC(=O)O)OC(CCCCCCCC(=O)O)CCC(/C=C/CCCC)C1CC(=O)OC1=O.CCCCC/C=C/C(CCCCCCCCCC(=O)O)OOC(/C=C/CCCCC)CC(CCCCCCCC(=O)O)C1CC(=O)OC1=O. The standard InChI is InChI=1S/C40H68O9.C40H68O8/c1-3-5-7-13-20-26-34(27-21-16-10-9-11-17-23-29-37(41)42)48-49-35(28-22-14-8-6-4-2)31-33(36-32-39(45)47-40(36)46)25-19-15-12-18-24-30-38(43)44;1-3-5-7-9-10-13-19-25-34(26-20-14-11-16-22-28-37(41)42)47-35(27-21-15-12-17-23-29-38(43)44)31-30-33(24-18-8-6-4-2)36-32-39(45)48-40(36)46/h20,22,26,28,33-36H,3-19,21,23-25,27,29-32H2,1-2H3,(H,41,42)(H,43,44);9-10,18,24,33-36H,3-8,11-17,19-23,25-32H2,1-2H3,(H,41,42)(H,43,44)/b26-20+,28-22+;10-9+,24-18+. The van der Waals surface area contributed by atoms with Crippen molar-refractivity contribution < 1.29 is 82.8 Å². The molecule has 2 heterocycles. The zero-order chi connectivity index (χ0) is 71.2. The number of esters is 4. The summed E-state index contributed by atoms with van der Waals surface area (Å²) in [6.07, 6.45) is 63.3. The van der Waals surface area contributed by atoms with Gasteiger partial charge in [-0.05, 0) is 140 Å². The van der Waals surface area contributed by atoms with Crippen molar-refractivity contribution in [2.24, 2.45) is 23.7 Å². The van der Waals surface area contributed by atoms with Gasteiger partial charge in [0.1, 0.15) is 12.2 Å². The van der Waals surface area contributed by atoms with E-state index in [4.69, 9.17) is 44.4 Å². The van der Waals surface area contributed by atoms with E-state index in [9.17, 15) is 38.4 Å². The summed E-state index contributed by atoms with van der Waals surface area (Å²) in [6, 6.07) is 0. The number of carboxylic acid groups (broad SMARTS) is 4. The van der Waals surface area contributed by atoms with E-state index >= 15 is 0 Å². The van der Waals surface area contributed by atoms with E-state index < -0.39 is 59.6 Å². The van der Waals surface area contributed by atoms with Gasteiger partial charge in [-0.15, -0.1) is 0 Å². The number of carbonyl (C=O) groups excluding carboxylic acids is 4. The number of ether oxygens (including phenoxy) is 3. The van der Waals surface area contributed by atoms with Gasteiger partial charge >= 0.3 is 47.8 Å². The molecule has 0 aromatic carbocycles. The molecule has 17 nitrogen and oxygen atoms in total. The van der Waals surface area contributed by atoms with Crippen molar-refractivity contribution in [2.75, 3.05) is 0 Å². The second kappa shape index (κ2) is 63.2. The maximum atomic E-state index is 12.7. The molecule has 0 radical (unpaired) electrons. The Bertz CT molecular complexity index is 2170. The molecule has 97 heavy (non-hydrogen) atoms. The average Bonchev–Trinajstić information content (AvgIpc) is 1.74. The summed E-state index contributed by atoms with van der Waals surface area (Å²) in [5.41, 5.74) is 0. The second-order valence-electron chi connectivity index (χ2n) is 27.6. The van der Waals surface area contributed by atoms with Crippen LogP contribution in [0.2, 0.25) is 0 Å². The molecule has 2 fully saturated rings. The molecule has 17 heteroatoms. The quantitative estimate of drug-likeness (QED) is 0.0110. The van der Waals surface area contributed by atoms with Crippen molar-refractivity contribution >= 4 is 47.8 Å². The molecule has 0 aromatic heterocycles. The Kier molecular flexibility index (Phi) is 58.6. The summed E-state index contributed by atoms with van der Waals surface area (Å²) >= 11 is 0. The van der Waals surface area contributed by atoms with Crippen molar-refractivity contribution in [2.45, 2.75) is 386 Å². The third kappa shape index (κ3) is 53.6. The molecule has 4 N–H and O–H groups in total. The summed E-state index contributed by atoms with van der Waals surface area (Å²) in [7, 11) is 0. The van der Waals surface area contributed by atoms with E-state index in [1.807, 2.05) is 0 Å². The Hall–Kier alpha value is -5.00. The molecular formula is C80H136O17. The lowest BCUT2D eigenvalue weighted by molar-refractivity contribution is -0.335. The van der Waals surface area contributed by atoms with Crippen LogP contribution in [0.5, 0.6) is 0 Å². The van der Waals surface area contributed by atoms with E-state index in [0.29, 0.717) is 19.3 Å². The Morgan fingerprint density at radius 3 is 1.16 bits per heavy atom. The number of rotatable bonds is 67. The zero-order valence-corrected chi connectivity index (χ0v) is 61.1. The number of carboxylic acids is 4. The molecule has 0 spiro atoms. The Morgan fingerprint density at radius 1 is 0.371 bits per heavy atom. The Morgan fingerprint density at radius 2 is 0.722 bits per heavy atom. The highest BCUT2D eigenvalue weighted by Crippen LogP contribution is 2.35. The van der Waals surface area contributed by atoms with Crippen molar-refractivity contribution in [1.82, 2.24) is 0 Å². The van der Waals surface area contributed by atoms with Gasteiger partial charge in [0, 0.05) is 25.7 Å². The van der Waals surface area contributed by atoms with Crippen LogP contribution < -0.4 is 0 Å². The van der Waals surface area contributed by atoms with Gasteiger partial charge in [-0.3, -0.25) is 38.4 Å². The number of allylic oxidation sites excluding steroid dienone is 6. The van der Waals surface area contributed by atoms with E-state index in [0.717, 1.165) is 250 Å². The fraction of sp³-hybridized carbons (Fsp3) is 0.800. The highest BCUT2D eigenvalue weighted by atomic mass is 17.2. The minimum Gasteiger partial charge on any atom is -0.481 e. The van der Waals surface area contributed by atoms with Crippen molar-refractivity contribution in [3.05, 3.63) is 48.6 Å². The van der Waals surface area contributed by atoms with Crippen molar-refractivity contribution in [3.8, 4) is 0 Å². The summed E-state index contributed by atoms with van der Waals surface area (Å²) in [5.74, 6) is -5.77.